The lowest BCUT2D eigenvalue weighted by Gasteiger charge is -2.18. The van der Waals surface area contributed by atoms with Gasteiger partial charge in [-0.1, -0.05) is 42.5 Å². The van der Waals surface area contributed by atoms with E-state index in [2.05, 4.69) is 70.9 Å². The predicted octanol–water partition coefficient (Wildman–Crippen LogP) is 4.17. The van der Waals surface area contributed by atoms with Gasteiger partial charge in [0.2, 0.25) is 0 Å². The number of hydrazone groups is 1. The molecule has 4 N–H and O–H groups in total. The lowest BCUT2D eigenvalue weighted by Crippen LogP contribution is -2.10. The molecular formula is C20H22N6. The van der Waals surface area contributed by atoms with Crippen LogP contribution in [0.15, 0.2) is 70.9 Å². The maximum atomic E-state index is 7.14. The zero-order chi connectivity index (χ0) is 18.5. The summed E-state index contributed by atoms with van der Waals surface area (Å²) < 4.78 is 0. The normalized spacial score (nSPS) is 11.4. The molecule has 0 atom stereocenters. The van der Waals surface area contributed by atoms with E-state index in [9.17, 15) is 0 Å². The number of nitrogens with one attached hydrogen (secondary N) is 2. The first-order chi connectivity index (χ1) is 12.6. The van der Waals surface area contributed by atoms with Crippen molar-refractivity contribution in [1.82, 2.24) is 0 Å². The molecule has 0 saturated heterocycles. The highest BCUT2D eigenvalue weighted by Gasteiger charge is 2.08. The van der Waals surface area contributed by atoms with E-state index < -0.39 is 0 Å². The number of benzene rings is 3. The molecule has 0 bridgehead atoms. The molecule has 0 amide bonds. The van der Waals surface area contributed by atoms with Crippen molar-refractivity contribution >= 4 is 28.0 Å². The van der Waals surface area contributed by atoms with Crippen molar-refractivity contribution < 1.29 is 0 Å². The van der Waals surface area contributed by atoms with E-state index in [0.29, 0.717) is 12.1 Å². The zero-order valence-corrected chi connectivity index (χ0v) is 14.9. The topological polar surface area (TPSA) is 89.9 Å². The molecule has 0 fully saturated rings. The maximum Gasteiger partial charge on any atom is 0.199 e. The van der Waals surface area contributed by atoms with Crippen molar-refractivity contribution in [2.75, 3.05) is 24.3 Å². The van der Waals surface area contributed by atoms with Gasteiger partial charge in [-0.2, -0.15) is 5.10 Å². The average molecular weight is 346 g/mol. The van der Waals surface area contributed by atoms with Crippen LogP contribution in [0.1, 0.15) is 11.1 Å². The molecule has 26 heavy (non-hydrogen) atoms. The summed E-state index contributed by atoms with van der Waals surface area (Å²) in [7, 11) is 4.11. The molecular weight excluding hydrogens is 324 g/mol. The lowest BCUT2D eigenvalue weighted by atomic mass is 10.0. The largest absolute Gasteiger partial charge is 0.381 e. The first kappa shape index (κ1) is 17.4. The first-order valence-electron chi connectivity index (χ1n) is 8.31. The third kappa shape index (κ3) is 3.49. The van der Waals surface area contributed by atoms with Crippen LogP contribution in [0.2, 0.25) is 0 Å². The van der Waals surface area contributed by atoms with E-state index in [4.69, 9.17) is 11.4 Å². The fourth-order valence-electron chi connectivity index (χ4n) is 3.02. The molecule has 132 valence electrons. The Balaban J connectivity index is 1.88. The molecule has 6 nitrogen and oxygen atoms in total. The zero-order valence-electron chi connectivity index (χ0n) is 14.9. The van der Waals surface area contributed by atoms with E-state index >= 15 is 0 Å². The van der Waals surface area contributed by atoms with Gasteiger partial charge in [-0.25, -0.2) is 5.53 Å². The summed E-state index contributed by atoms with van der Waals surface area (Å²) in [5.74, 6) is 5.48. The van der Waals surface area contributed by atoms with Gasteiger partial charge < -0.3 is 16.1 Å². The van der Waals surface area contributed by atoms with E-state index in [1.54, 1.807) is 0 Å². The van der Waals surface area contributed by atoms with E-state index in [1.807, 2.05) is 24.3 Å². The highest BCUT2D eigenvalue weighted by atomic mass is 15.2. The lowest BCUT2D eigenvalue weighted by molar-refractivity contribution is 1.13. The summed E-state index contributed by atoms with van der Waals surface area (Å²) in [5.41, 5.74) is 11.2. The molecule has 0 saturated carbocycles. The molecule has 0 unspecified atom stereocenters. The highest BCUT2D eigenvalue weighted by Crippen LogP contribution is 2.29. The Hall–Kier alpha value is -3.41. The van der Waals surface area contributed by atoms with Gasteiger partial charge in [0, 0.05) is 43.0 Å². The van der Waals surface area contributed by atoms with Crippen molar-refractivity contribution in [2.24, 2.45) is 16.1 Å². The molecule has 0 heterocycles. The smallest absolute Gasteiger partial charge is 0.199 e. The van der Waals surface area contributed by atoms with Crippen LogP contribution in [0, 0.1) is 5.53 Å². The van der Waals surface area contributed by atoms with Gasteiger partial charge in [-0.15, -0.1) is 5.11 Å². The first-order valence-corrected chi connectivity index (χ1v) is 8.31. The molecule has 3 aromatic rings. The molecule has 0 aliphatic carbocycles. The van der Waals surface area contributed by atoms with Crippen LogP contribution in [0.4, 0.5) is 11.4 Å². The van der Waals surface area contributed by atoms with E-state index in [0.717, 1.165) is 5.69 Å². The van der Waals surface area contributed by atoms with Crippen LogP contribution >= 0.6 is 0 Å². The Kier molecular flexibility index (Phi) is 5.12. The van der Waals surface area contributed by atoms with E-state index in [-0.39, 0.29) is 5.84 Å². The predicted molar refractivity (Wildman–Crippen MR) is 108 cm³/mol. The van der Waals surface area contributed by atoms with Crippen LogP contribution in [-0.4, -0.2) is 19.9 Å². The fourth-order valence-corrected chi connectivity index (χ4v) is 3.02. The van der Waals surface area contributed by atoms with Gasteiger partial charge in [0.05, 0.1) is 0 Å². The summed E-state index contributed by atoms with van der Waals surface area (Å²) in [6, 6.07) is 20.3. The minimum Gasteiger partial charge on any atom is -0.381 e. The van der Waals surface area contributed by atoms with Crippen LogP contribution in [0.5, 0.6) is 0 Å². The van der Waals surface area contributed by atoms with Gasteiger partial charge >= 0.3 is 0 Å². The maximum absolute atomic E-state index is 7.14. The molecule has 0 spiro atoms. The van der Waals surface area contributed by atoms with Crippen LogP contribution in [0.25, 0.3) is 10.8 Å². The van der Waals surface area contributed by atoms with Gasteiger partial charge in [-0.05, 0) is 29.1 Å². The molecule has 3 aromatic carbocycles. The monoisotopic (exact) mass is 346 g/mol. The summed E-state index contributed by atoms with van der Waals surface area (Å²) in [4.78, 5) is 2.13. The number of hydrogen-bond donors (Lipinski definition) is 3. The number of hydrogen-bond acceptors (Lipinski definition) is 5. The van der Waals surface area contributed by atoms with Gasteiger partial charge in [0.15, 0.2) is 5.84 Å². The third-order valence-electron chi connectivity index (χ3n) is 4.31. The summed E-state index contributed by atoms with van der Waals surface area (Å²) in [6.07, 6.45) is 0. The summed E-state index contributed by atoms with van der Waals surface area (Å²) >= 11 is 0. The van der Waals surface area contributed by atoms with Crippen LogP contribution < -0.4 is 16.1 Å². The van der Waals surface area contributed by atoms with Crippen molar-refractivity contribution in [1.29, 1.82) is 5.53 Å². The summed E-state index contributed by atoms with van der Waals surface area (Å²) in [5, 5.41) is 12.8. The Labute approximate surface area is 152 Å². The number of rotatable bonds is 5. The molecule has 6 heteroatoms. The molecule has 0 aromatic heterocycles. The fraction of sp³-hybridized carbons (Fsp3) is 0.150. The quantitative estimate of drug-likeness (QED) is 0.213. The van der Waals surface area contributed by atoms with Crippen molar-refractivity contribution in [3.8, 4) is 0 Å². The van der Waals surface area contributed by atoms with E-state index in [1.165, 1.54) is 22.0 Å². The Bertz CT molecular complexity index is 961. The van der Waals surface area contributed by atoms with Crippen LogP contribution in [-0.2, 0) is 6.54 Å². The molecule has 0 radical (unpaired) electrons. The van der Waals surface area contributed by atoms with Gasteiger partial charge in [-0.3, -0.25) is 0 Å². The van der Waals surface area contributed by atoms with Gasteiger partial charge in [0.1, 0.15) is 0 Å². The third-order valence-corrected chi connectivity index (χ3v) is 4.31. The van der Waals surface area contributed by atoms with Crippen molar-refractivity contribution in [2.45, 2.75) is 6.54 Å². The van der Waals surface area contributed by atoms with Gasteiger partial charge in [0.25, 0.3) is 0 Å². The Morgan fingerprint density at radius 3 is 2.50 bits per heavy atom. The summed E-state index contributed by atoms with van der Waals surface area (Å²) in [6.45, 7) is 0.685. The standard InChI is InChI=1S/C20H22N6/c1-26(2)19-11-10-15(17-8-3-4-9-18(17)19)13-23-16-7-5-6-14(12-16)20(24-21)25-22/h3-12,21,23H,13,22H2,1-2H3/b24-21?,25-20-. The SMILES string of the molecule is CN(C)c1ccc(CNc2cccc(/C(N=N)=N/N)c2)c2ccccc12. The second-order valence-corrected chi connectivity index (χ2v) is 6.18. The molecule has 3 rings (SSSR count). The minimum absolute atomic E-state index is 0.203. The van der Waals surface area contributed by atoms with Crippen molar-refractivity contribution in [3.63, 3.8) is 0 Å². The number of fused-ring (bicyclic) bond motifs is 1. The second-order valence-electron chi connectivity index (χ2n) is 6.18. The Morgan fingerprint density at radius 2 is 1.81 bits per heavy atom. The number of amidine groups is 1. The highest BCUT2D eigenvalue weighted by molar-refractivity contribution is 5.99. The van der Waals surface area contributed by atoms with Crippen molar-refractivity contribution in [3.05, 3.63) is 71.8 Å². The second kappa shape index (κ2) is 7.65. The number of nitrogens with zero attached hydrogens (tertiary/aromatic N) is 3. The number of anilines is 2. The Morgan fingerprint density at radius 1 is 1.04 bits per heavy atom. The van der Waals surface area contributed by atoms with Crippen LogP contribution in [0.3, 0.4) is 0 Å². The minimum atomic E-state index is 0.203. The average Bonchev–Trinajstić information content (AvgIpc) is 2.67. The molecule has 0 aliphatic rings. The molecule has 0 aliphatic heterocycles. The number of nitrogens with two attached hydrogens (primary N) is 1.